The van der Waals surface area contributed by atoms with Gasteiger partial charge in [0.2, 0.25) is 0 Å². The average molecular weight is 278 g/mol. The molecule has 3 rings (SSSR count). The second-order valence-electron chi connectivity index (χ2n) is 5.08. The van der Waals surface area contributed by atoms with Crippen molar-refractivity contribution in [2.75, 3.05) is 5.73 Å². The second-order valence-corrected chi connectivity index (χ2v) is 5.08. The molecule has 0 saturated carbocycles. The maximum Gasteiger partial charge on any atom is 0.123 e. The fourth-order valence-corrected chi connectivity index (χ4v) is 2.67. The molecule has 106 valence electrons. The molecule has 4 heteroatoms. The van der Waals surface area contributed by atoms with Crippen molar-refractivity contribution < 1.29 is 0 Å². The molecule has 4 nitrogen and oxygen atoms in total. The van der Waals surface area contributed by atoms with Crippen LogP contribution in [0.3, 0.4) is 0 Å². The average Bonchev–Trinajstić information content (AvgIpc) is 2.52. The predicted molar refractivity (Wildman–Crippen MR) is 86.4 cm³/mol. The molecule has 1 heterocycles. The lowest BCUT2D eigenvalue weighted by molar-refractivity contribution is 0.555. The predicted octanol–water partition coefficient (Wildman–Crippen LogP) is 2.56. The molecule has 0 aliphatic carbocycles. The van der Waals surface area contributed by atoms with Crippen LogP contribution in [0.4, 0.5) is 5.82 Å². The number of hydrogen-bond donors (Lipinski definition) is 3. The van der Waals surface area contributed by atoms with Crippen molar-refractivity contribution in [3.63, 3.8) is 0 Å². The topological polar surface area (TPSA) is 77.0 Å². The van der Waals surface area contributed by atoms with Crippen LogP contribution < -0.4 is 17.0 Å². The third kappa shape index (κ3) is 2.86. The SMILES string of the molecule is NNC(Cc1ccnc(N)c1)c1cccc2ccccc12. The maximum atomic E-state index is 5.78. The molecular weight excluding hydrogens is 260 g/mol. The Balaban J connectivity index is 1.98. The zero-order valence-electron chi connectivity index (χ0n) is 11.7. The first-order chi connectivity index (χ1) is 10.3. The number of nitrogen functional groups attached to an aromatic ring is 1. The van der Waals surface area contributed by atoms with Crippen LogP contribution in [0.5, 0.6) is 0 Å². The van der Waals surface area contributed by atoms with Gasteiger partial charge in [-0.1, -0.05) is 42.5 Å². The number of aromatic nitrogens is 1. The highest BCUT2D eigenvalue weighted by molar-refractivity contribution is 5.86. The van der Waals surface area contributed by atoms with Crippen molar-refractivity contribution in [3.8, 4) is 0 Å². The second kappa shape index (κ2) is 5.91. The van der Waals surface area contributed by atoms with Gasteiger partial charge in [-0.2, -0.15) is 0 Å². The minimum atomic E-state index is 0.0258. The number of hydrogen-bond acceptors (Lipinski definition) is 4. The summed E-state index contributed by atoms with van der Waals surface area (Å²) in [4.78, 5) is 4.02. The Morgan fingerprint density at radius 3 is 2.67 bits per heavy atom. The smallest absolute Gasteiger partial charge is 0.123 e. The number of nitrogens with zero attached hydrogens (tertiary/aromatic N) is 1. The number of rotatable bonds is 4. The summed E-state index contributed by atoms with van der Waals surface area (Å²) in [6, 6.07) is 18.5. The summed E-state index contributed by atoms with van der Waals surface area (Å²) in [5.74, 6) is 6.31. The number of nitrogens with two attached hydrogens (primary N) is 2. The standard InChI is InChI=1S/C17H18N4/c18-17-11-12(8-9-20-17)10-16(21-19)15-7-3-5-13-4-1-2-6-14(13)15/h1-9,11,16,21H,10,19H2,(H2,18,20). The number of pyridine rings is 1. The van der Waals surface area contributed by atoms with E-state index in [1.54, 1.807) is 6.20 Å². The Bertz CT molecular complexity index is 749. The fraction of sp³-hybridized carbons (Fsp3) is 0.118. The molecule has 1 aromatic heterocycles. The van der Waals surface area contributed by atoms with E-state index < -0.39 is 0 Å². The molecule has 2 aromatic carbocycles. The summed E-state index contributed by atoms with van der Waals surface area (Å²) in [5, 5.41) is 2.43. The van der Waals surface area contributed by atoms with Crippen LogP contribution in [-0.4, -0.2) is 4.98 Å². The first kappa shape index (κ1) is 13.5. The molecular formula is C17H18N4. The van der Waals surface area contributed by atoms with Crippen molar-refractivity contribution in [3.05, 3.63) is 71.9 Å². The van der Waals surface area contributed by atoms with E-state index in [-0.39, 0.29) is 6.04 Å². The van der Waals surface area contributed by atoms with Gasteiger partial charge < -0.3 is 5.73 Å². The van der Waals surface area contributed by atoms with Crippen LogP contribution in [-0.2, 0) is 6.42 Å². The van der Waals surface area contributed by atoms with Crippen molar-refractivity contribution in [1.82, 2.24) is 10.4 Å². The zero-order chi connectivity index (χ0) is 14.7. The van der Waals surface area contributed by atoms with Gasteiger partial charge in [0.1, 0.15) is 5.82 Å². The highest BCUT2D eigenvalue weighted by atomic mass is 15.2. The molecule has 1 unspecified atom stereocenters. The molecule has 0 aliphatic rings. The van der Waals surface area contributed by atoms with E-state index in [1.807, 2.05) is 24.3 Å². The van der Waals surface area contributed by atoms with Crippen LogP contribution in [0.1, 0.15) is 17.2 Å². The number of nitrogens with one attached hydrogen (secondary N) is 1. The Labute approximate surface area is 123 Å². The van der Waals surface area contributed by atoms with E-state index >= 15 is 0 Å². The molecule has 0 saturated heterocycles. The first-order valence-corrected chi connectivity index (χ1v) is 6.92. The molecule has 0 fully saturated rings. The molecule has 0 amide bonds. The van der Waals surface area contributed by atoms with Crippen LogP contribution in [0, 0.1) is 0 Å². The molecule has 0 bridgehead atoms. The van der Waals surface area contributed by atoms with Crippen molar-refractivity contribution >= 4 is 16.6 Å². The van der Waals surface area contributed by atoms with E-state index in [0.717, 1.165) is 12.0 Å². The van der Waals surface area contributed by atoms with Crippen molar-refractivity contribution in [1.29, 1.82) is 0 Å². The summed E-state index contributed by atoms with van der Waals surface area (Å²) in [7, 11) is 0. The molecule has 5 N–H and O–H groups in total. The van der Waals surface area contributed by atoms with Crippen molar-refractivity contribution in [2.24, 2.45) is 5.84 Å². The summed E-state index contributed by atoms with van der Waals surface area (Å²) in [6.45, 7) is 0. The molecule has 0 radical (unpaired) electrons. The molecule has 0 aliphatic heterocycles. The lowest BCUT2D eigenvalue weighted by Crippen LogP contribution is -2.29. The maximum absolute atomic E-state index is 5.78. The van der Waals surface area contributed by atoms with Gasteiger partial charge in [-0.05, 0) is 40.5 Å². The van der Waals surface area contributed by atoms with E-state index in [0.29, 0.717) is 5.82 Å². The van der Waals surface area contributed by atoms with E-state index in [2.05, 4.69) is 40.7 Å². The monoisotopic (exact) mass is 278 g/mol. The van der Waals surface area contributed by atoms with Gasteiger partial charge in [0, 0.05) is 6.20 Å². The van der Waals surface area contributed by atoms with Gasteiger partial charge in [0.05, 0.1) is 6.04 Å². The Morgan fingerprint density at radius 1 is 1.05 bits per heavy atom. The lowest BCUT2D eigenvalue weighted by Gasteiger charge is -2.18. The third-order valence-electron chi connectivity index (χ3n) is 3.69. The summed E-state index contributed by atoms with van der Waals surface area (Å²) < 4.78 is 0. The van der Waals surface area contributed by atoms with Gasteiger partial charge in [-0.25, -0.2) is 4.98 Å². The minimum Gasteiger partial charge on any atom is -0.384 e. The van der Waals surface area contributed by atoms with Crippen LogP contribution in [0.25, 0.3) is 10.8 Å². The van der Waals surface area contributed by atoms with Crippen LogP contribution in [0.2, 0.25) is 0 Å². The normalized spacial score (nSPS) is 12.4. The Hall–Kier alpha value is -2.43. The highest BCUT2D eigenvalue weighted by Gasteiger charge is 2.13. The highest BCUT2D eigenvalue weighted by Crippen LogP contribution is 2.26. The lowest BCUT2D eigenvalue weighted by atomic mass is 9.95. The van der Waals surface area contributed by atoms with Gasteiger partial charge in [-0.15, -0.1) is 0 Å². The number of fused-ring (bicyclic) bond motifs is 1. The third-order valence-corrected chi connectivity index (χ3v) is 3.69. The Morgan fingerprint density at radius 2 is 1.86 bits per heavy atom. The quantitative estimate of drug-likeness (QED) is 0.506. The summed E-state index contributed by atoms with van der Waals surface area (Å²) in [6.07, 6.45) is 2.48. The van der Waals surface area contributed by atoms with E-state index in [1.165, 1.54) is 16.3 Å². The van der Waals surface area contributed by atoms with Crippen LogP contribution in [0.15, 0.2) is 60.8 Å². The number of benzene rings is 2. The van der Waals surface area contributed by atoms with Gasteiger partial charge in [0.25, 0.3) is 0 Å². The van der Waals surface area contributed by atoms with Gasteiger partial charge in [0.15, 0.2) is 0 Å². The molecule has 0 spiro atoms. The van der Waals surface area contributed by atoms with Crippen molar-refractivity contribution in [2.45, 2.75) is 12.5 Å². The van der Waals surface area contributed by atoms with Gasteiger partial charge in [-0.3, -0.25) is 11.3 Å². The minimum absolute atomic E-state index is 0.0258. The van der Waals surface area contributed by atoms with Crippen LogP contribution >= 0.6 is 0 Å². The van der Waals surface area contributed by atoms with E-state index in [4.69, 9.17) is 11.6 Å². The fourth-order valence-electron chi connectivity index (χ4n) is 2.67. The number of hydrazine groups is 1. The molecule has 3 aromatic rings. The van der Waals surface area contributed by atoms with Gasteiger partial charge >= 0.3 is 0 Å². The Kier molecular flexibility index (Phi) is 3.81. The largest absolute Gasteiger partial charge is 0.384 e. The first-order valence-electron chi connectivity index (χ1n) is 6.92. The van der Waals surface area contributed by atoms with E-state index in [9.17, 15) is 0 Å². The summed E-state index contributed by atoms with van der Waals surface area (Å²) in [5.41, 5.74) is 11.0. The zero-order valence-corrected chi connectivity index (χ0v) is 11.7. The molecule has 1 atom stereocenters. The summed E-state index contributed by atoms with van der Waals surface area (Å²) >= 11 is 0. The molecule has 21 heavy (non-hydrogen) atoms. The number of anilines is 1.